The van der Waals surface area contributed by atoms with Gasteiger partial charge in [-0.2, -0.15) is 0 Å². The van der Waals surface area contributed by atoms with Crippen LogP contribution in [0.1, 0.15) is 31.9 Å². The fourth-order valence-electron chi connectivity index (χ4n) is 1.59. The summed E-state index contributed by atoms with van der Waals surface area (Å²) in [7, 11) is 3.19. The topological polar surface area (TPSA) is 38.7 Å². The van der Waals surface area contributed by atoms with Crippen molar-refractivity contribution in [2.75, 3.05) is 14.2 Å². The SMILES string of the molecule is CCC(C)C(O)c1ccc(OC)c(OC)c1. The average molecular weight is 224 g/mol. The van der Waals surface area contributed by atoms with Crippen molar-refractivity contribution in [1.29, 1.82) is 0 Å². The predicted octanol–water partition coefficient (Wildman–Crippen LogP) is 2.78. The summed E-state index contributed by atoms with van der Waals surface area (Å²) >= 11 is 0. The maximum atomic E-state index is 10.1. The van der Waals surface area contributed by atoms with Gasteiger partial charge in [-0.3, -0.25) is 0 Å². The molecule has 2 atom stereocenters. The maximum absolute atomic E-state index is 10.1. The van der Waals surface area contributed by atoms with E-state index in [4.69, 9.17) is 9.47 Å². The van der Waals surface area contributed by atoms with Gasteiger partial charge in [-0.25, -0.2) is 0 Å². The van der Waals surface area contributed by atoms with Gasteiger partial charge < -0.3 is 14.6 Å². The zero-order chi connectivity index (χ0) is 12.1. The Balaban J connectivity index is 2.98. The Hall–Kier alpha value is -1.22. The summed E-state index contributed by atoms with van der Waals surface area (Å²) in [6.07, 6.45) is 0.486. The third-order valence-electron chi connectivity index (χ3n) is 2.93. The van der Waals surface area contributed by atoms with E-state index in [1.165, 1.54) is 0 Å². The summed E-state index contributed by atoms with van der Waals surface area (Å²) < 4.78 is 10.4. The minimum Gasteiger partial charge on any atom is -0.493 e. The van der Waals surface area contributed by atoms with Crippen LogP contribution >= 0.6 is 0 Å². The van der Waals surface area contributed by atoms with E-state index in [1.807, 2.05) is 25.1 Å². The van der Waals surface area contributed by atoms with Gasteiger partial charge in [0.25, 0.3) is 0 Å². The molecular weight excluding hydrogens is 204 g/mol. The molecule has 3 nitrogen and oxygen atoms in total. The van der Waals surface area contributed by atoms with Crippen LogP contribution in [0.5, 0.6) is 11.5 Å². The Morgan fingerprint density at radius 3 is 2.31 bits per heavy atom. The van der Waals surface area contributed by atoms with Crippen molar-refractivity contribution < 1.29 is 14.6 Å². The minimum atomic E-state index is -0.454. The highest BCUT2D eigenvalue weighted by Crippen LogP contribution is 2.32. The van der Waals surface area contributed by atoms with Crippen LogP contribution in [0.25, 0.3) is 0 Å². The number of ether oxygens (including phenoxy) is 2. The number of rotatable bonds is 5. The van der Waals surface area contributed by atoms with Crippen molar-refractivity contribution in [3.63, 3.8) is 0 Å². The molecular formula is C13H20O3. The molecule has 1 N–H and O–H groups in total. The van der Waals surface area contributed by atoms with Crippen molar-refractivity contribution in [2.45, 2.75) is 26.4 Å². The second-order valence-electron chi connectivity index (χ2n) is 3.94. The van der Waals surface area contributed by atoms with Gasteiger partial charge in [0.15, 0.2) is 11.5 Å². The van der Waals surface area contributed by atoms with Gasteiger partial charge >= 0.3 is 0 Å². The number of aliphatic hydroxyl groups excluding tert-OH is 1. The standard InChI is InChI=1S/C13H20O3/c1-5-9(2)13(14)10-6-7-11(15-3)12(8-10)16-4/h6-9,13-14H,5H2,1-4H3. The molecule has 1 rings (SSSR count). The summed E-state index contributed by atoms with van der Waals surface area (Å²) in [6.45, 7) is 4.09. The lowest BCUT2D eigenvalue weighted by molar-refractivity contribution is 0.115. The Bertz CT molecular complexity index is 336. The van der Waals surface area contributed by atoms with E-state index in [1.54, 1.807) is 14.2 Å². The van der Waals surface area contributed by atoms with E-state index >= 15 is 0 Å². The molecule has 0 radical (unpaired) electrons. The van der Waals surface area contributed by atoms with E-state index in [9.17, 15) is 5.11 Å². The molecule has 16 heavy (non-hydrogen) atoms. The van der Waals surface area contributed by atoms with Crippen molar-refractivity contribution >= 4 is 0 Å². The molecule has 0 fully saturated rings. The molecule has 2 unspecified atom stereocenters. The fourth-order valence-corrected chi connectivity index (χ4v) is 1.59. The van der Waals surface area contributed by atoms with Crippen LogP contribution in [0.3, 0.4) is 0 Å². The third kappa shape index (κ3) is 2.67. The molecule has 1 aromatic carbocycles. The lowest BCUT2D eigenvalue weighted by atomic mass is 9.95. The van der Waals surface area contributed by atoms with Gasteiger partial charge in [0.1, 0.15) is 0 Å². The normalized spacial score (nSPS) is 14.3. The van der Waals surface area contributed by atoms with E-state index in [2.05, 4.69) is 6.92 Å². The van der Waals surface area contributed by atoms with Crippen molar-refractivity contribution in [1.82, 2.24) is 0 Å². The second kappa shape index (κ2) is 5.75. The van der Waals surface area contributed by atoms with Crippen LogP contribution in [0.4, 0.5) is 0 Å². The first-order valence-corrected chi connectivity index (χ1v) is 5.54. The van der Waals surface area contributed by atoms with Gasteiger partial charge in [-0.05, 0) is 23.6 Å². The fraction of sp³-hybridized carbons (Fsp3) is 0.538. The van der Waals surface area contributed by atoms with Crippen LogP contribution in [-0.4, -0.2) is 19.3 Å². The monoisotopic (exact) mass is 224 g/mol. The molecule has 90 valence electrons. The summed E-state index contributed by atoms with van der Waals surface area (Å²) in [5.74, 6) is 1.57. The molecule has 0 aliphatic carbocycles. The molecule has 0 saturated heterocycles. The lowest BCUT2D eigenvalue weighted by Crippen LogP contribution is -2.08. The molecule has 0 aliphatic rings. The molecule has 1 aromatic rings. The molecule has 0 bridgehead atoms. The summed E-state index contributed by atoms with van der Waals surface area (Å²) in [6, 6.07) is 5.52. The minimum absolute atomic E-state index is 0.234. The van der Waals surface area contributed by atoms with Gasteiger partial charge in [0, 0.05) is 0 Å². The lowest BCUT2D eigenvalue weighted by Gasteiger charge is -2.18. The van der Waals surface area contributed by atoms with Crippen LogP contribution in [-0.2, 0) is 0 Å². The highest BCUT2D eigenvalue weighted by Gasteiger charge is 2.16. The number of hydrogen-bond donors (Lipinski definition) is 1. The van der Waals surface area contributed by atoms with Crippen molar-refractivity contribution in [3.8, 4) is 11.5 Å². The predicted molar refractivity (Wildman–Crippen MR) is 64.0 cm³/mol. The quantitative estimate of drug-likeness (QED) is 0.835. The molecule has 0 aliphatic heterocycles. The Morgan fingerprint density at radius 2 is 1.81 bits per heavy atom. The van der Waals surface area contributed by atoms with Crippen LogP contribution in [0.15, 0.2) is 18.2 Å². The highest BCUT2D eigenvalue weighted by molar-refractivity contribution is 5.43. The zero-order valence-electron chi connectivity index (χ0n) is 10.4. The van der Waals surface area contributed by atoms with E-state index in [0.717, 1.165) is 12.0 Å². The summed E-state index contributed by atoms with van der Waals surface area (Å²) in [5.41, 5.74) is 0.868. The maximum Gasteiger partial charge on any atom is 0.161 e. The highest BCUT2D eigenvalue weighted by atomic mass is 16.5. The van der Waals surface area contributed by atoms with Gasteiger partial charge in [-0.15, -0.1) is 0 Å². The first-order valence-electron chi connectivity index (χ1n) is 5.54. The second-order valence-corrected chi connectivity index (χ2v) is 3.94. The third-order valence-corrected chi connectivity index (χ3v) is 2.93. The van der Waals surface area contributed by atoms with E-state index in [-0.39, 0.29) is 5.92 Å². The number of methoxy groups -OCH3 is 2. The van der Waals surface area contributed by atoms with E-state index < -0.39 is 6.10 Å². The van der Waals surface area contributed by atoms with Crippen LogP contribution in [0.2, 0.25) is 0 Å². The number of benzene rings is 1. The smallest absolute Gasteiger partial charge is 0.161 e. The van der Waals surface area contributed by atoms with Crippen molar-refractivity contribution in [3.05, 3.63) is 23.8 Å². The Kier molecular flexibility index (Phi) is 4.62. The first-order chi connectivity index (χ1) is 7.63. The number of hydrogen-bond acceptors (Lipinski definition) is 3. The van der Waals surface area contributed by atoms with Crippen LogP contribution < -0.4 is 9.47 Å². The van der Waals surface area contributed by atoms with E-state index in [0.29, 0.717) is 11.5 Å². The van der Waals surface area contributed by atoms with Gasteiger partial charge in [0.05, 0.1) is 20.3 Å². The molecule has 0 aromatic heterocycles. The largest absolute Gasteiger partial charge is 0.493 e. The first kappa shape index (κ1) is 12.8. The molecule has 3 heteroatoms. The molecule has 0 spiro atoms. The zero-order valence-corrected chi connectivity index (χ0v) is 10.4. The molecule has 0 amide bonds. The Labute approximate surface area is 97.0 Å². The van der Waals surface area contributed by atoms with Gasteiger partial charge in [-0.1, -0.05) is 26.3 Å². The molecule has 0 saturated carbocycles. The Morgan fingerprint density at radius 1 is 1.19 bits per heavy atom. The van der Waals surface area contributed by atoms with Gasteiger partial charge in [0.2, 0.25) is 0 Å². The molecule has 0 heterocycles. The van der Waals surface area contributed by atoms with Crippen molar-refractivity contribution in [2.24, 2.45) is 5.92 Å². The average Bonchev–Trinajstić information content (AvgIpc) is 2.35. The summed E-state index contributed by atoms with van der Waals surface area (Å²) in [4.78, 5) is 0. The van der Waals surface area contributed by atoms with Crippen LogP contribution in [0, 0.1) is 5.92 Å². The number of aliphatic hydroxyl groups is 1. The summed E-state index contributed by atoms with van der Waals surface area (Å²) in [5, 5.41) is 10.1.